The minimum absolute atomic E-state index is 0.180. The van der Waals surface area contributed by atoms with E-state index in [2.05, 4.69) is 15.4 Å². The van der Waals surface area contributed by atoms with Gasteiger partial charge in [-0.2, -0.15) is 0 Å². The van der Waals surface area contributed by atoms with E-state index in [9.17, 15) is 24.1 Å². The third-order valence-corrected chi connectivity index (χ3v) is 2.11. The van der Waals surface area contributed by atoms with Crippen molar-refractivity contribution in [3.63, 3.8) is 0 Å². The van der Waals surface area contributed by atoms with Crippen LogP contribution in [0, 0.1) is 15.9 Å². The van der Waals surface area contributed by atoms with E-state index in [1.807, 2.05) is 0 Å². The first-order valence-corrected chi connectivity index (χ1v) is 5.58. The van der Waals surface area contributed by atoms with E-state index in [4.69, 9.17) is 0 Å². The summed E-state index contributed by atoms with van der Waals surface area (Å²) >= 11 is 0. The van der Waals surface area contributed by atoms with Gasteiger partial charge in [-0.1, -0.05) is 0 Å². The number of nitrogens with zero attached hydrogens (tertiary/aromatic N) is 1. The van der Waals surface area contributed by atoms with Crippen molar-refractivity contribution in [3.05, 3.63) is 34.1 Å². The number of rotatable bonds is 5. The lowest BCUT2D eigenvalue weighted by atomic mass is 10.2. The average molecular weight is 285 g/mol. The highest BCUT2D eigenvalue weighted by Crippen LogP contribution is 2.20. The number of carbonyl (C=O) groups excluding carboxylic acids is 2. The number of esters is 1. The second kappa shape index (κ2) is 7.02. The number of non-ortho nitro benzene ring substituents is 1. The Balaban J connectivity index is 2.58. The van der Waals surface area contributed by atoms with Crippen LogP contribution in [0.15, 0.2) is 18.2 Å². The molecule has 2 N–H and O–H groups in total. The van der Waals surface area contributed by atoms with Gasteiger partial charge >= 0.3 is 12.0 Å². The molecule has 0 saturated heterocycles. The molecule has 0 fully saturated rings. The van der Waals surface area contributed by atoms with E-state index in [1.54, 1.807) is 6.92 Å². The predicted molar refractivity (Wildman–Crippen MR) is 66.7 cm³/mol. The maximum absolute atomic E-state index is 13.5. The van der Waals surface area contributed by atoms with Crippen LogP contribution < -0.4 is 10.6 Å². The number of nitro benzene ring substituents is 1. The van der Waals surface area contributed by atoms with Crippen LogP contribution in [-0.2, 0) is 9.53 Å². The second-order valence-corrected chi connectivity index (χ2v) is 3.53. The number of hydrogen-bond donors (Lipinski definition) is 2. The Morgan fingerprint density at radius 2 is 2.15 bits per heavy atom. The van der Waals surface area contributed by atoms with Gasteiger partial charge in [-0.25, -0.2) is 9.18 Å². The maximum atomic E-state index is 13.5. The maximum Gasteiger partial charge on any atom is 0.325 e. The predicted octanol–water partition coefficient (Wildman–Crippen LogP) is 1.42. The Labute approximate surface area is 113 Å². The zero-order valence-electron chi connectivity index (χ0n) is 10.5. The lowest BCUT2D eigenvalue weighted by Crippen LogP contribution is -2.34. The molecule has 8 nitrogen and oxygen atoms in total. The van der Waals surface area contributed by atoms with Crippen LogP contribution in [0.5, 0.6) is 0 Å². The molecule has 0 unspecified atom stereocenters. The highest BCUT2D eigenvalue weighted by atomic mass is 19.1. The Hall–Kier alpha value is -2.71. The largest absolute Gasteiger partial charge is 0.465 e. The minimum atomic E-state index is -0.953. The van der Waals surface area contributed by atoms with Gasteiger partial charge in [0, 0.05) is 6.07 Å². The molecule has 2 amide bonds. The van der Waals surface area contributed by atoms with Gasteiger partial charge in [0.25, 0.3) is 5.69 Å². The molecule has 0 aromatic heterocycles. The number of anilines is 1. The zero-order chi connectivity index (χ0) is 15.1. The number of benzene rings is 1. The summed E-state index contributed by atoms with van der Waals surface area (Å²) in [6.07, 6.45) is 0. The van der Waals surface area contributed by atoms with Crippen LogP contribution in [0.3, 0.4) is 0 Å². The smallest absolute Gasteiger partial charge is 0.325 e. The Morgan fingerprint density at radius 1 is 1.45 bits per heavy atom. The number of ether oxygens (including phenoxy) is 1. The highest BCUT2D eigenvalue weighted by molar-refractivity contribution is 5.91. The van der Waals surface area contributed by atoms with Gasteiger partial charge in [0.1, 0.15) is 6.54 Å². The van der Waals surface area contributed by atoms with Gasteiger partial charge < -0.3 is 15.4 Å². The van der Waals surface area contributed by atoms with Crippen molar-refractivity contribution in [2.75, 3.05) is 18.5 Å². The van der Waals surface area contributed by atoms with Gasteiger partial charge in [-0.05, 0) is 13.0 Å². The first-order chi connectivity index (χ1) is 9.43. The van der Waals surface area contributed by atoms with Gasteiger partial charge in [0.15, 0.2) is 5.82 Å². The minimum Gasteiger partial charge on any atom is -0.465 e. The monoisotopic (exact) mass is 285 g/mol. The molecular formula is C11H12FN3O5. The fourth-order valence-electron chi connectivity index (χ4n) is 1.25. The fourth-order valence-corrected chi connectivity index (χ4v) is 1.25. The molecule has 1 rings (SSSR count). The van der Waals surface area contributed by atoms with Crippen molar-refractivity contribution in [3.8, 4) is 0 Å². The quantitative estimate of drug-likeness (QED) is 0.483. The average Bonchev–Trinajstić information content (AvgIpc) is 2.39. The van der Waals surface area contributed by atoms with E-state index in [1.165, 1.54) is 0 Å². The van der Waals surface area contributed by atoms with Crippen LogP contribution in [-0.4, -0.2) is 30.1 Å². The van der Waals surface area contributed by atoms with E-state index >= 15 is 0 Å². The number of carbonyl (C=O) groups is 2. The van der Waals surface area contributed by atoms with Crippen molar-refractivity contribution >= 4 is 23.4 Å². The molecule has 0 aliphatic rings. The fraction of sp³-hybridized carbons (Fsp3) is 0.273. The summed E-state index contributed by atoms with van der Waals surface area (Å²) in [7, 11) is 0. The molecule has 0 heterocycles. The normalized spacial score (nSPS) is 9.70. The van der Waals surface area contributed by atoms with E-state index < -0.39 is 28.4 Å². The lowest BCUT2D eigenvalue weighted by molar-refractivity contribution is -0.385. The lowest BCUT2D eigenvalue weighted by Gasteiger charge is -2.07. The van der Waals surface area contributed by atoms with Crippen molar-refractivity contribution in [2.24, 2.45) is 0 Å². The number of urea groups is 1. The van der Waals surface area contributed by atoms with Crippen LogP contribution in [0.1, 0.15) is 6.92 Å². The first-order valence-electron chi connectivity index (χ1n) is 5.58. The Kier molecular flexibility index (Phi) is 5.39. The number of nitrogens with one attached hydrogen (secondary N) is 2. The molecule has 0 spiro atoms. The van der Waals surface area contributed by atoms with Crippen molar-refractivity contribution in [2.45, 2.75) is 6.92 Å². The molecule has 0 aliphatic carbocycles. The Morgan fingerprint density at radius 3 is 2.70 bits per heavy atom. The van der Waals surface area contributed by atoms with Gasteiger partial charge in [-0.15, -0.1) is 0 Å². The molecule has 0 atom stereocenters. The van der Waals surface area contributed by atoms with Gasteiger partial charge in [-0.3, -0.25) is 14.9 Å². The second-order valence-electron chi connectivity index (χ2n) is 3.53. The van der Waals surface area contributed by atoms with Crippen molar-refractivity contribution in [1.82, 2.24) is 5.32 Å². The number of nitro groups is 1. The molecule has 9 heteroatoms. The molecule has 0 saturated carbocycles. The van der Waals surface area contributed by atoms with Crippen LogP contribution in [0.2, 0.25) is 0 Å². The van der Waals surface area contributed by atoms with Crippen molar-refractivity contribution in [1.29, 1.82) is 0 Å². The summed E-state index contributed by atoms with van der Waals surface area (Å²) in [4.78, 5) is 32.0. The molecule has 0 aliphatic heterocycles. The van der Waals surface area contributed by atoms with E-state index in [0.717, 1.165) is 12.1 Å². The molecule has 20 heavy (non-hydrogen) atoms. The van der Waals surface area contributed by atoms with Crippen LogP contribution >= 0.6 is 0 Å². The molecule has 1 aromatic rings. The molecular weight excluding hydrogens is 273 g/mol. The third kappa shape index (κ3) is 4.52. The summed E-state index contributed by atoms with van der Waals surface area (Å²) in [6, 6.07) is 1.95. The van der Waals surface area contributed by atoms with Crippen LogP contribution in [0.4, 0.5) is 20.6 Å². The highest BCUT2D eigenvalue weighted by Gasteiger charge is 2.13. The number of halogens is 1. The molecule has 108 valence electrons. The third-order valence-electron chi connectivity index (χ3n) is 2.11. The standard InChI is InChI=1S/C11H12FN3O5/c1-2-20-10(16)6-13-11(17)14-9-4-3-7(15(18)19)5-8(9)12/h3-5H,2,6H2,1H3,(H2,13,14,17). The molecule has 0 bridgehead atoms. The van der Waals surface area contributed by atoms with E-state index in [-0.39, 0.29) is 18.8 Å². The summed E-state index contributed by atoms with van der Waals surface area (Å²) in [5, 5.41) is 14.7. The van der Waals surface area contributed by atoms with Crippen molar-refractivity contribution < 1.29 is 23.6 Å². The number of amides is 2. The van der Waals surface area contributed by atoms with Crippen LogP contribution in [0.25, 0.3) is 0 Å². The zero-order valence-corrected chi connectivity index (χ0v) is 10.5. The van der Waals surface area contributed by atoms with Gasteiger partial charge in [0.05, 0.1) is 23.3 Å². The Bertz CT molecular complexity index is 535. The molecule has 1 aromatic carbocycles. The molecule has 0 radical (unpaired) electrons. The van der Waals surface area contributed by atoms with Gasteiger partial charge in [0.2, 0.25) is 0 Å². The van der Waals surface area contributed by atoms with E-state index in [0.29, 0.717) is 6.07 Å². The number of hydrogen-bond acceptors (Lipinski definition) is 5. The summed E-state index contributed by atoms with van der Waals surface area (Å²) in [5.74, 6) is -1.59. The topological polar surface area (TPSA) is 111 Å². The SMILES string of the molecule is CCOC(=O)CNC(=O)Nc1ccc([N+](=O)[O-])cc1F. The summed E-state index contributed by atoms with van der Waals surface area (Å²) in [5.41, 5.74) is -0.669. The first kappa shape index (κ1) is 15.3. The summed E-state index contributed by atoms with van der Waals surface area (Å²) in [6.45, 7) is 1.43. The summed E-state index contributed by atoms with van der Waals surface area (Å²) < 4.78 is 18.0.